The van der Waals surface area contributed by atoms with Crippen molar-refractivity contribution < 1.29 is 9.47 Å². The summed E-state index contributed by atoms with van der Waals surface area (Å²) in [7, 11) is 1.98. The van der Waals surface area contributed by atoms with Crippen molar-refractivity contribution in [3.63, 3.8) is 0 Å². The molecule has 1 aliphatic heterocycles. The molecule has 2 unspecified atom stereocenters. The van der Waals surface area contributed by atoms with Crippen LogP contribution in [-0.4, -0.2) is 39.0 Å². The van der Waals surface area contributed by atoms with Crippen LogP contribution in [0, 0.1) is 6.92 Å². The molecule has 1 aromatic carbocycles. The summed E-state index contributed by atoms with van der Waals surface area (Å²) in [5.74, 6) is 0. The second-order valence-electron chi connectivity index (χ2n) is 4.57. The van der Waals surface area contributed by atoms with Gasteiger partial charge in [0.1, 0.15) is 0 Å². The maximum Gasteiger partial charge on any atom is 0.0965 e. The Morgan fingerprint density at radius 3 is 2.94 bits per heavy atom. The standard InChI is InChI=1S/C14H21NO2/c1-11-4-3-5-12(8-11)9-13(15-2)14-10-16-6-7-17-14/h3-5,8,13-15H,6-7,9-10H2,1-2H3. The van der Waals surface area contributed by atoms with Gasteiger partial charge in [-0.15, -0.1) is 0 Å². The average Bonchev–Trinajstić information content (AvgIpc) is 2.37. The molecule has 0 saturated carbocycles. The Morgan fingerprint density at radius 2 is 2.29 bits per heavy atom. The van der Waals surface area contributed by atoms with E-state index in [-0.39, 0.29) is 6.10 Å². The van der Waals surface area contributed by atoms with Gasteiger partial charge in [-0.05, 0) is 26.0 Å². The zero-order valence-electron chi connectivity index (χ0n) is 10.6. The van der Waals surface area contributed by atoms with Crippen LogP contribution in [0.3, 0.4) is 0 Å². The fraction of sp³-hybridized carbons (Fsp3) is 0.571. The topological polar surface area (TPSA) is 30.5 Å². The van der Waals surface area contributed by atoms with Crippen LogP contribution in [0.25, 0.3) is 0 Å². The van der Waals surface area contributed by atoms with Crippen LogP contribution in [0.15, 0.2) is 24.3 Å². The first-order chi connectivity index (χ1) is 8.29. The first-order valence-corrected chi connectivity index (χ1v) is 6.22. The van der Waals surface area contributed by atoms with Crippen LogP contribution >= 0.6 is 0 Å². The summed E-state index contributed by atoms with van der Waals surface area (Å²) in [6, 6.07) is 8.94. The summed E-state index contributed by atoms with van der Waals surface area (Å²) in [6.45, 7) is 4.24. The molecule has 1 aliphatic rings. The Labute approximate surface area is 103 Å². The SMILES string of the molecule is CNC(Cc1cccc(C)c1)C1COCCO1. The van der Waals surface area contributed by atoms with Gasteiger partial charge in [0.2, 0.25) is 0 Å². The Kier molecular flexibility index (Phi) is 4.54. The first-order valence-electron chi connectivity index (χ1n) is 6.22. The summed E-state index contributed by atoms with van der Waals surface area (Å²) in [4.78, 5) is 0. The monoisotopic (exact) mass is 235 g/mol. The molecule has 2 atom stereocenters. The molecule has 0 amide bonds. The molecule has 0 aliphatic carbocycles. The highest BCUT2D eigenvalue weighted by Gasteiger charge is 2.23. The lowest BCUT2D eigenvalue weighted by molar-refractivity contribution is -0.100. The zero-order chi connectivity index (χ0) is 12.1. The predicted molar refractivity (Wildman–Crippen MR) is 68.3 cm³/mol. The van der Waals surface area contributed by atoms with Crippen molar-refractivity contribution in [1.29, 1.82) is 0 Å². The van der Waals surface area contributed by atoms with E-state index in [4.69, 9.17) is 9.47 Å². The van der Waals surface area contributed by atoms with Crippen LogP contribution in [0.5, 0.6) is 0 Å². The fourth-order valence-electron chi connectivity index (χ4n) is 2.25. The molecule has 3 heteroatoms. The van der Waals surface area contributed by atoms with Gasteiger partial charge in [-0.25, -0.2) is 0 Å². The minimum absolute atomic E-state index is 0.161. The number of hydrogen-bond donors (Lipinski definition) is 1. The zero-order valence-corrected chi connectivity index (χ0v) is 10.6. The molecular weight excluding hydrogens is 214 g/mol. The highest BCUT2D eigenvalue weighted by molar-refractivity contribution is 5.23. The molecule has 1 fully saturated rings. The van der Waals surface area contributed by atoms with Crippen molar-refractivity contribution in [1.82, 2.24) is 5.32 Å². The third-order valence-electron chi connectivity index (χ3n) is 3.20. The average molecular weight is 235 g/mol. The molecule has 2 rings (SSSR count). The van der Waals surface area contributed by atoms with Crippen molar-refractivity contribution in [3.8, 4) is 0 Å². The van der Waals surface area contributed by atoms with E-state index in [0.29, 0.717) is 19.3 Å². The molecule has 1 saturated heterocycles. The maximum absolute atomic E-state index is 5.75. The predicted octanol–water partition coefficient (Wildman–Crippen LogP) is 1.54. The molecule has 0 aromatic heterocycles. The number of ether oxygens (including phenoxy) is 2. The van der Waals surface area contributed by atoms with Gasteiger partial charge in [0, 0.05) is 6.04 Å². The summed E-state index contributed by atoms with van der Waals surface area (Å²) in [5, 5.41) is 3.33. The number of nitrogens with one attached hydrogen (secondary N) is 1. The summed E-state index contributed by atoms with van der Waals surface area (Å²) < 4.78 is 11.2. The van der Waals surface area contributed by atoms with Crippen molar-refractivity contribution >= 4 is 0 Å². The lowest BCUT2D eigenvalue weighted by atomic mass is 10.00. The molecular formula is C14H21NO2. The normalized spacial score (nSPS) is 22.4. The lowest BCUT2D eigenvalue weighted by Crippen LogP contribution is -2.46. The van der Waals surface area contributed by atoms with Crippen LogP contribution < -0.4 is 5.32 Å². The lowest BCUT2D eigenvalue weighted by Gasteiger charge is -2.30. The van der Waals surface area contributed by atoms with Gasteiger partial charge in [-0.1, -0.05) is 29.8 Å². The van der Waals surface area contributed by atoms with Crippen molar-refractivity contribution in [2.75, 3.05) is 26.9 Å². The molecule has 0 bridgehead atoms. The number of aryl methyl sites for hydroxylation is 1. The quantitative estimate of drug-likeness (QED) is 0.858. The van der Waals surface area contributed by atoms with Gasteiger partial charge in [-0.2, -0.15) is 0 Å². The van der Waals surface area contributed by atoms with E-state index in [1.165, 1.54) is 11.1 Å². The van der Waals surface area contributed by atoms with Gasteiger partial charge in [0.15, 0.2) is 0 Å². The van der Waals surface area contributed by atoms with Crippen molar-refractivity contribution in [3.05, 3.63) is 35.4 Å². The minimum Gasteiger partial charge on any atom is -0.376 e. The highest BCUT2D eigenvalue weighted by atomic mass is 16.6. The van der Waals surface area contributed by atoms with E-state index >= 15 is 0 Å². The Balaban J connectivity index is 1.98. The van der Waals surface area contributed by atoms with Gasteiger partial charge >= 0.3 is 0 Å². The molecule has 17 heavy (non-hydrogen) atoms. The molecule has 1 N–H and O–H groups in total. The van der Waals surface area contributed by atoms with E-state index in [2.05, 4.69) is 36.5 Å². The maximum atomic E-state index is 5.75. The number of rotatable bonds is 4. The van der Waals surface area contributed by atoms with Crippen LogP contribution in [0.2, 0.25) is 0 Å². The number of hydrogen-bond acceptors (Lipinski definition) is 3. The molecule has 0 radical (unpaired) electrons. The Hall–Kier alpha value is -0.900. The fourth-order valence-corrected chi connectivity index (χ4v) is 2.25. The van der Waals surface area contributed by atoms with Crippen LogP contribution in [0.4, 0.5) is 0 Å². The van der Waals surface area contributed by atoms with Crippen LogP contribution in [0.1, 0.15) is 11.1 Å². The molecule has 94 valence electrons. The van der Waals surface area contributed by atoms with E-state index in [0.717, 1.165) is 13.0 Å². The summed E-state index contributed by atoms with van der Waals surface area (Å²) in [6.07, 6.45) is 1.14. The summed E-state index contributed by atoms with van der Waals surface area (Å²) in [5.41, 5.74) is 2.65. The third kappa shape index (κ3) is 3.53. The van der Waals surface area contributed by atoms with E-state index < -0.39 is 0 Å². The summed E-state index contributed by atoms with van der Waals surface area (Å²) >= 11 is 0. The van der Waals surface area contributed by atoms with Gasteiger partial charge in [0.25, 0.3) is 0 Å². The molecule has 1 heterocycles. The largest absolute Gasteiger partial charge is 0.376 e. The second-order valence-corrected chi connectivity index (χ2v) is 4.57. The van der Waals surface area contributed by atoms with Crippen LogP contribution in [-0.2, 0) is 15.9 Å². The van der Waals surface area contributed by atoms with E-state index in [9.17, 15) is 0 Å². The number of likely N-dealkylation sites (N-methyl/N-ethyl adjacent to an activating group) is 1. The highest BCUT2D eigenvalue weighted by Crippen LogP contribution is 2.12. The first kappa shape index (κ1) is 12.6. The van der Waals surface area contributed by atoms with Crippen molar-refractivity contribution in [2.45, 2.75) is 25.5 Å². The van der Waals surface area contributed by atoms with Gasteiger partial charge in [-0.3, -0.25) is 0 Å². The molecule has 3 nitrogen and oxygen atoms in total. The van der Waals surface area contributed by atoms with Gasteiger partial charge < -0.3 is 14.8 Å². The Bertz CT molecular complexity index is 348. The van der Waals surface area contributed by atoms with Crippen molar-refractivity contribution in [2.24, 2.45) is 0 Å². The third-order valence-corrected chi connectivity index (χ3v) is 3.20. The number of benzene rings is 1. The van der Waals surface area contributed by atoms with E-state index in [1.807, 2.05) is 7.05 Å². The Morgan fingerprint density at radius 1 is 1.41 bits per heavy atom. The molecule has 0 spiro atoms. The van der Waals surface area contributed by atoms with E-state index in [1.54, 1.807) is 0 Å². The van der Waals surface area contributed by atoms with Gasteiger partial charge in [0.05, 0.1) is 25.9 Å². The molecule has 1 aromatic rings. The second kappa shape index (κ2) is 6.15. The smallest absolute Gasteiger partial charge is 0.0965 e. The minimum atomic E-state index is 0.161.